The SMILES string of the molecule is CC(C)(C)Nc1nc(Cl)c(CCCN)s1. The predicted molar refractivity (Wildman–Crippen MR) is 67.9 cm³/mol. The first-order valence-electron chi connectivity index (χ1n) is 5.06. The summed E-state index contributed by atoms with van der Waals surface area (Å²) in [6.07, 6.45) is 1.87. The molecule has 0 aliphatic carbocycles. The second kappa shape index (κ2) is 5.14. The Labute approximate surface area is 100 Å². The average Bonchev–Trinajstić information content (AvgIpc) is 2.39. The lowest BCUT2D eigenvalue weighted by atomic mass is 10.1. The van der Waals surface area contributed by atoms with E-state index >= 15 is 0 Å². The van der Waals surface area contributed by atoms with Crippen molar-refractivity contribution in [2.75, 3.05) is 11.9 Å². The van der Waals surface area contributed by atoms with E-state index in [1.807, 2.05) is 0 Å². The fourth-order valence-electron chi connectivity index (χ4n) is 1.12. The highest BCUT2D eigenvalue weighted by molar-refractivity contribution is 7.16. The number of rotatable bonds is 4. The van der Waals surface area contributed by atoms with E-state index in [9.17, 15) is 0 Å². The van der Waals surface area contributed by atoms with Gasteiger partial charge in [0.1, 0.15) is 5.15 Å². The van der Waals surface area contributed by atoms with Gasteiger partial charge in [0.05, 0.1) is 0 Å². The zero-order valence-corrected chi connectivity index (χ0v) is 11.0. The molecule has 3 N–H and O–H groups in total. The minimum absolute atomic E-state index is 0.0202. The van der Waals surface area contributed by atoms with Crippen LogP contribution in [-0.4, -0.2) is 17.1 Å². The quantitative estimate of drug-likeness (QED) is 0.860. The smallest absolute Gasteiger partial charge is 0.184 e. The molecule has 1 aromatic heterocycles. The van der Waals surface area contributed by atoms with E-state index in [1.54, 1.807) is 11.3 Å². The summed E-state index contributed by atoms with van der Waals surface area (Å²) in [6.45, 7) is 6.99. The lowest BCUT2D eigenvalue weighted by molar-refractivity contribution is 0.633. The Morgan fingerprint density at radius 3 is 2.67 bits per heavy atom. The highest BCUT2D eigenvalue weighted by Gasteiger charge is 2.14. The van der Waals surface area contributed by atoms with Gasteiger partial charge < -0.3 is 11.1 Å². The first-order chi connectivity index (χ1) is 6.92. The number of hydrogen-bond donors (Lipinski definition) is 2. The van der Waals surface area contributed by atoms with E-state index in [0.717, 1.165) is 22.9 Å². The molecule has 0 saturated heterocycles. The molecule has 0 aliphatic rings. The number of aromatic nitrogens is 1. The van der Waals surface area contributed by atoms with Crippen LogP contribution in [0, 0.1) is 0 Å². The molecule has 1 heterocycles. The maximum absolute atomic E-state index is 6.03. The van der Waals surface area contributed by atoms with Gasteiger partial charge in [-0.2, -0.15) is 0 Å². The van der Waals surface area contributed by atoms with Crippen LogP contribution in [0.4, 0.5) is 5.13 Å². The van der Waals surface area contributed by atoms with Crippen molar-refractivity contribution in [2.24, 2.45) is 5.73 Å². The zero-order valence-electron chi connectivity index (χ0n) is 9.43. The third kappa shape index (κ3) is 4.36. The summed E-state index contributed by atoms with van der Waals surface area (Å²) in [7, 11) is 0. The molecule has 0 radical (unpaired) electrons. The van der Waals surface area contributed by atoms with Crippen LogP contribution in [0.5, 0.6) is 0 Å². The van der Waals surface area contributed by atoms with Gasteiger partial charge >= 0.3 is 0 Å². The van der Waals surface area contributed by atoms with E-state index in [-0.39, 0.29) is 5.54 Å². The molecular weight excluding hydrogens is 230 g/mol. The van der Waals surface area contributed by atoms with Gasteiger partial charge in [-0.05, 0) is 40.2 Å². The number of nitrogens with one attached hydrogen (secondary N) is 1. The number of hydrogen-bond acceptors (Lipinski definition) is 4. The normalized spacial score (nSPS) is 11.8. The van der Waals surface area contributed by atoms with Gasteiger partial charge in [0.2, 0.25) is 0 Å². The highest BCUT2D eigenvalue weighted by atomic mass is 35.5. The summed E-state index contributed by atoms with van der Waals surface area (Å²) in [5.41, 5.74) is 5.48. The first kappa shape index (κ1) is 12.7. The number of thiazole rings is 1. The van der Waals surface area contributed by atoms with Gasteiger partial charge in [-0.15, -0.1) is 11.3 Å². The van der Waals surface area contributed by atoms with Crippen molar-refractivity contribution in [3.63, 3.8) is 0 Å². The lowest BCUT2D eigenvalue weighted by Gasteiger charge is -2.19. The molecule has 15 heavy (non-hydrogen) atoms. The summed E-state index contributed by atoms with van der Waals surface area (Å²) in [5, 5.41) is 4.81. The fourth-order valence-corrected chi connectivity index (χ4v) is 2.57. The number of halogens is 1. The number of nitrogens with zero attached hydrogens (tertiary/aromatic N) is 1. The summed E-state index contributed by atoms with van der Waals surface area (Å²) in [5.74, 6) is 0. The average molecular weight is 248 g/mol. The minimum Gasteiger partial charge on any atom is -0.357 e. The second-order valence-electron chi connectivity index (χ2n) is 4.50. The van der Waals surface area contributed by atoms with Crippen molar-refractivity contribution in [2.45, 2.75) is 39.2 Å². The van der Waals surface area contributed by atoms with Gasteiger partial charge in [-0.25, -0.2) is 4.98 Å². The Morgan fingerprint density at radius 1 is 1.47 bits per heavy atom. The number of anilines is 1. The molecule has 0 amide bonds. The van der Waals surface area contributed by atoms with Crippen LogP contribution in [0.15, 0.2) is 0 Å². The van der Waals surface area contributed by atoms with E-state index in [1.165, 1.54) is 0 Å². The molecule has 0 aromatic carbocycles. The Balaban J connectivity index is 2.68. The number of nitrogens with two attached hydrogens (primary N) is 1. The molecule has 5 heteroatoms. The van der Waals surface area contributed by atoms with Crippen molar-refractivity contribution in [1.29, 1.82) is 0 Å². The van der Waals surface area contributed by atoms with Crippen molar-refractivity contribution >= 4 is 28.1 Å². The largest absolute Gasteiger partial charge is 0.357 e. The third-order valence-corrected chi connectivity index (χ3v) is 3.19. The van der Waals surface area contributed by atoms with Gasteiger partial charge in [-0.1, -0.05) is 11.6 Å². The van der Waals surface area contributed by atoms with Crippen LogP contribution in [-0.2, 0) is 6.42 Å². The first-order valence-corrected chi connectivity index (χ1v) is 6.25. The Morgan fingerprint density at radius 2 is 2.13 bits per heavy atom. The molecule has 0 atom stereocenters. The standard InChI is InChI=1S/C10H18ClN3S/c1-10(2,3)14-9-13-8(11)7(15-9)5-4-6-12/h4-6,12H2,1-3H3,(H,13,14). The van der Waals surface area contributed by atoms with Gasteiger partial charge in [0.25, 0.3) is 0 Å². The molecule has 0 fully saturated rings. The summed E-state index contributed by atoms with van der Waals surface area (Å²) in [6, 6.07) is 0. The molecule has 0 spiro atoms. The maximum Gasteiger partial charge on any atom is 0.184 e. The van der Waals surface area contributed by atoms with Crippen LogP contribution < -0.4 is 11.1 Å². The molecule has 86 valence electrons. The molecule has 1 aromatic rings. The third-order valence-electron chi connectivity index (χ3n) is 1.74. The van der Waals surface area contributed by atoms with Crippen molar-refractivity contribution in [3.05, 3.63) is 10.0 Å². The molecule has 0 aliphatic heterocycles. The van der Waals surface area contributed by atoms with Crippen LogP contribution >= 0.6 is 22.9 Å². The predicted octanol–water partition coefficient (Wildman–Crippen LogP) is 2.90. The fraction of sp³-hybridized carbons (Fsp3) is 0.700. The van der Waals surface area contributed by atoms with E-state index in [0.29, 0.717) is 11.7 Å². The van der Waals surface area contributed by atoms with Crippen molar-refractivity contribution in [3.8, 4) is 0 Å². The molecule has 0 bridgehead atoms. The van der Waals surface area contributed by atoms with Crippen LogP contribution in [0.25, 0.3) is 0 Å². The van der Waals surface area contributed by atoms with Crippen LogP contribution in [0.3, 0.4) is 0 Å². The summed E-state index contributed by atoms with van der Waals surface area (Å²) >= 11 is 7.64. The van der Waals surface area contributed by atoms with E-state index in [4.69, 9.17) is 17.3 Å². The Bertz CT molecular complexity index is 317. The monoisotopic (exact) mass is 247 g/mol. The number of aryl methyl sites for hydroxylation is 1. The van der Waals surface area contributed by atoms with Crippen molar-refractivity contribution < 1.29 is 0 Å². The maximum atomic E-state index is 6.03. The van der Waals surface area contributed by atoms with Gasteiger partial charge in [-0.3, -0.25) is 0 Å². The molecule has 0 unspecified atom stereocenters. The Kier molecular flexibility index (Phi) is 4.37. The lowest BCUT2D eigenvalue weighted by Crippen LogP contribution is -2.25. The molecule has 1 rings (SSSR count). The van der Waals surface area contributed by atoms with Crippen molar-refractivity contribution in [1.82, 2.24) is 4.98 Å². The topological polar surface area (TPSA) is 50.9 Å². The molecule has 3 nitrogen and oxygen atoms in total. The summed E-state index contributed by atoms with van der Waals surface area (Å²) in [4.78, 5) is 5.40. The van der Waals surface area contributed by atoms with E-state index in [2.05, 4.69) is 31.1 Å². The van der Waals surface area contributed by atoms with Crippen LogP contribution in [0.2, 0.25) is 5.15 Å². The molecular formula is C10H18ClN3S. The summed E-state index contributed by atoms with van der Waals surface area (Å²) < 4.78 is 0. The van der Waals surface area contributed by atoms with Gasteiger partial charge in [0, 0.05) is 10.4 Å². The second-order valence-corrected chi connectivity index (χ2v) is 5.94. The highest BCUT2D eigenvalue weighted by Crippen LogP contribution is 2.29. The zero-order chi connectivity index (χ0) is 11.5. The van der Waals surface area contributed by atoms with E-state index < -0.39 is 0 Å². The minimum atomic E-state index is 0.0202. The van der Waals surface area contributed by atoms with Crippen LogP contribution in [0.1, 0.15) is 32.1 Å². The molecule has 0 saturated carbocycles. The van der Waals surface area contributed by atoms with Gasteiger partial charge in [0.15, 0.2) is 5.13 Å². The Hall–Kier alpha value is -0.320.